The van der Waals surface area contributed by atoms with E-state index in [4.69, 9.17) is 16.3 Å². The van der Waals surface area contributed by atoms with Gasteiger partial charge in [0.1, 0.15) is 5.02 Å². The van der Waals surface area contributed by atoms with Crippen molar-refractivity contribution in [3.8, 4) is 11.8 Å². The number of pyridine rings is 2. The minimum atomic E-state index is -3.75. The number of ether oxygens (including phenoxy) is 1. The van der Waals surface area contributed by atoms with Crippen LogP contribution in [0.1, 0.15) is 5.56 Å². The van der Waals surface area contributed by atoms with Crippen molar-refractivity contribution in [2.75, 3.05) is 4.72 Å². The summed E-state index contributed by atoms with van der Waals surface area (Å²) in [5.74, 6) is 0.471. The van der Waals surface area contributed by atoms with Crippen molar-refractivity contribution in [2.45, 2.75) is 11.8 Å². The van der Waals surface area contributed by atoms with Crippen LogP contribution in [0.3, 0.4) is 0 Å². The van der Waals surface area contributed by atoms with Crippen molar-refractivity contribution in [3.63, 3.8) is 0 Å². The highest BCUT2D eigenvalue weighted by molar-refractivity contribution is 7.92. The van der Waals surface area contributed by atoms with Crippen LogP contribution in [0.5, 0.6) is 11.8 Å². The highest BCUT2D eigenvalue weighted by Crippen LogP contribution is 2.30. The van der Waals surface area contributed by atoms with Crippen LogP contribution in [0, 0.1) is 6.92 Å². The first-order valence-corrected chi connectivity index (χ1v) is 10.5. The smallest absolute Gasteiger partial charge is 0.261 e. The fraction of sp³-hybridized carbons (Fsp3) is 0.0476. The van der Waals surface area contributed by atoms with Gasteiger partial charge in [-0.05, 0) is 36.1 Å². The Labute approximate surface area is 173 Å². The topological polar surface area (TPSA) is 81.2 Å². The molecule has 4 aromatic rings. The second-order valence-electron chi connectivity index (χ2n) is 6.40. The number of nitrogens with zero attached hydrogens (tertiary/aromatic N) is 2. The van der Waals surface area contributed by atoms with Gasteiger partial charge < -0.3 is 4.74 Å². The molecular weight excluding hydrogens is 410 g/mol. The lowest BCUT2D eigenvalue weighted by atomic mass is 10.2. The zero-order valence-corrected chi connectivity index (χ0v) is 16.9. The SMILES string of the molecule is Cc1cccc(S(=O)(=O)Nc2cnc(Oc3cc4ccccc4cn3)c(Cl)c2)c1. The Hall–Kier alpha value is -3.16. The molecule has 2 heterocycles. The van der Waals surface area contributed by atoms with E-state index in [0.29, 0.717) is 5.88 Å². The fourth-order valence-corrected chi connectivity index (χ4v) is 4.11. The number of aromatic nitrogens is 2. The summed E-state index contributed by atoms with van der Waals surface area (Å²) in [7, 11) is -3.75. The Kier molecular flexibility index (Phi) is 5.08. The number of benzene rings is 2. The summed E-state index contributed by atoms with van der Waals surface area (Å²) >= 11 is 6.25. The first kappa shape index (κ1) is 19.2. The van der Waals surface area contributed by atoms with E-state index in [1.807, 2.05) is 37.3 Å². The minimum Gasteiger partial charge on any atom is -0.419 e. The van der Waals surface area contributed by atoms with Crippen LogP contribution in [0.2, 0.25) is 5.02 Å². The van der Waals surface area contributed by atoms with Crippen molar-refractivity contribution in [3.05, 3.63) is 83.6 Å². The molecule has 0 aliphatic heterocycles. The summed E-state index contributed by atoms with van der Waals surface area (Å²) in [4.78, 5) is 8.53. The zero-order chi connectivity index (χ0) is 20.4. The highest BCUT2D eigenvalue weighted by atomic mass is 35.5. The number of rotatable bonds is 5. The second kappa shape index (κ2) is 7.69. The van der Waals surface area contributed by atoms with Crippen LogP contribution in [0.4, 0.5) is 5.69 Å². The van der Waals surface area contributed by atoms with Gasteiger partial charge in [-0.25, -0.2) is 18.4 Å². The molecule has 4 rings (SSSR count). The largest absolute Gasteiger partial charge is 0.419 e. The lowest BCUT2D eigenvalue weighted by molar-refractivity contribution is 0.446. The first-order valence-electron chi connectivity index (χ1n) is 8.68. The van der Waals surface area contributed by atoms with E-state index < -0.39 is 10.0 Å². The number of sulfonamides is 1. The lowest BCUT2D eigenvalue weighted by Gasteiger charge is -2.11. The van der Waals surface area contributed by atoms with Crippen molar-refractivity contribution >= 4 is 38.1 Å². The van der Waals surface area contributed by atoms with E-state index >= 15 is 0 Å². The molecule has 2 aromatic carbocycles. The summed E-state index contributed by atoms with van der Waals surface area (Å²) in [5.41, 5.74) is 1.07. The number of fused-ring (bicyclic) bond motifs is 1. The number of hydrogen-bond acceptors (Lipinski definition) is 5. The Morgan fingerprint density at radius 2 is 1.72 bits per heavy atom. The quantitative estimate of drug-likeness (QED) is 0.476. The number of hydrogen-bond donors (Lipinski definition) is 1. The molecule has 0 saturated carbocycles. The van der Waals surface area contributed by atoms with Gasteiger partial charge in [0.05, 0.1) is 16.8 Å². The molecule has 6 nitrogen and oxygen atoms in total. The summed E-state index contributed by atoms with van der Waals surface area (Å²) in [6.45, 7) is 1.82. The van der Waals surface area contributed by atoms with Crippen LogP contribution in [-0.2, 0) is 10.0 Å². The molecule has 146 valence electrons. The van der Waals surface area contributed by atoms with E-state index in [9.17, 15) is 8.42 Å². The average molecular weight is 426 g/mol. The van der Waals surface area contributed by atoms with Crippen molar-refractivity contribution in [1.29, 1.82) is 0 Å². The van der Waals surface area contributed by atoms with Crippen LogP contribution < -0.4 is 9.46 Å². The highest BCUT2D eigenvalue weighted by Gasteiger charge is 2.16. The molecule has 0 fully saturated rings. The summed E-state index contributed by atoms with van der Waals surface area (Å²) in [6, 6.07) is 17.6. The third kappa shape index (κ3) is 4.31. The lowest BCUT2D eigenvalue weighted by Crippen LogP contribution is -2.13. The maximum atomic E-state index is 12.5. The molecule has 0 unspecified atom stereocenters. The van der Waals surface area contributed by atoms with Crippen molar-refractivity contribution < 1.29 is 13.2 Å². The van der Waals surface area contributed by atoms with Crippen molar-refractivity contribution in [2.24, 2.45) is 0 Å². The van der Waals surface area contributed by atoms with E-state index in [1.54, 1.807) is 24.4 Å². The minimum absolute atomic E-state index is 0.132. The number of aryl methyl sites for hydroxylation is 1. The van der Waals surface area contributed by atoms with Gasteiger partial charge in [-0.15, -0.1) is 0 Å². The molecule has 29 heavy (non-hydrogen) atoms. The van der Waals surface area contributed by atoms with Gasteiger partial charge in [0, 0.05) is 17.6 Å². The molecule has 0 radical (unpaired) electrons. The molecular formula is C21H16ClN3O3S. The Balaban J connectivity index is 1.56. The fourth-order valence-electron chi connectivity index (χ4n) is 2.77. The van der Waals surface area contributed by atoms with Crippen LogP contribution in [-0.4, -0.2) is 18.4 Å². The molecule has 8 heteroatoms. The number of anilines is 1. The number of nitrogens with one attached hydrogen (secondary N) is 1. The second-order valence-corrected chi connectivity index (χ2v) is 8.49. The van der Waals surface area contributed by atoms with Crippen LogP contribution in [0.25, 0.3) is 10.8 Å². The number of halogens is 1. The Bertz CT molecular complexity index is 1310. The maximum Gasteiger partial charge on any atom is 0.261 e. The molecule has 0 amide bonds. The average Bonchev–Trinajstić information content (AvgIpc) is 2.70. The predicted octanol–water partition coefficient (Wildman–Crippen LogP) is 5.18. The molecule has 0 saturated heterocycles. The normalized spacial score (nSPS) is 11.4. The molecule has 0 spiro atoms. The van der Waals surface area contributed by atoms with Gasteiger partial charge in [0.2, 0.25) is 11.8 Å². The van der Waals surface area contributed by atoms with Crippen LogP contribution in [0.15, 0.2) is 78.0 Å². The maximum absolute atomic E-state index is 12.5. The molecule has 0 bridgehead atoms. The Morgan fingerprint density at radius 3 is 2.48 bits per heavy atom. The van der Waals surface area contributed by atoms with Crippen molar-refractivity contribution in [1.82, 2.24) is 9.97 Å². The van der Waals surface area contributed by atoms with E-state index in [0.717, 1.165) is 16.3 Å². The Morgan fingerprint density at radius 1 is 0.931 bits per heavy atom. The van der Waals surface area contributed by atoms with Gasteiger partial charge in [-0.3, -0.25) is 4.72 Å². The monoisotopic (exact) mass is 425 g/mol. The zero-order valence-electron chi connectivity index (χ0n) is 15.3. The van der Waals surface area contributed by atoms with Gasteiger partial charge in [0.15, 0.2) is 0 Å². The molecule has 0 atom stereocenters. The van der Waals surface area contributed by atoms with E-state index in [1.165, 1.54) is 18.3 Å². The molecule has 0 aliphatic rings. The van der Waals surface area contributed by atoms with Gasteiger partial charge in [0.25, 0.3) is 10.0 Å². The van der Waals surface area contributed by atoms with Gasteiger partial charge >= 0.3 is 0 Å². The van der Waals surface area contributed by atoms with Crippen LogP contribution >= 0.6 is 11.6 Å². The van der Waals surface area contributed by atoms with E-state index in [-0.39, 0.29) is 21.5 Å². The third-order valence-electron chi connectivity index (χ3n) is 4.17. The first-order chi connectivity index (χ1) is 13.9. The predicted molar refractivity (Wildman–Crippen MR) is 113 cm³/mol. The third-order valence-corrected chi connectivity index (χ3v) is 5.82. The standard InChI is InChI=1S/C21H16ClN3O3S/c1-14-5-4-8-18(9-14)29(26,27)25-17-11-19(22)21(24-13-17)28-20-10-15-6-2-3-7-16(15)12-23-20/h2-13,25H,1H3. The molecule has 2 aromatic heterocycles. The van der Waals surface area contributed by atoms with E-state index in [2.05, 4.69) is 14.7 Å². The van der Waals surface area contributed by atoms with Gasteiger partial charge in [-0.2, -0.15) is 0 Å². The molecule has 1 N–H and O–H groups in total. The molecule has 0 aliphatic carbocycles. The summed E-state index contributed by atoms with van der Waals surface area (Å²) < 4.78 is 33.2. The summed E-state index contributed by atoms with van der Waals surface area (Å²) in [5, 5.41) is 2.11. The van der Waals surface area contributed by atoms with Gasteiger partial charge in [-0.1, -0.05) is 48.0 Å². The summed E-state index contributed by atoms with van der Waals surface area (Å²) in [6.07, 6.45) is 3.04.